The van der Waals surface area contributed by atoms with Crippen molar-refractivity contribution in [3.05, 3.63) is 17.0 Å². The van der Waals surface area contributed by atoms with E-state index in [2.05, 4.69) is 15.3 Å². The van der Waals surface area contributed by atoms with Crippen LogP contribution in [-0.2, 0) is 6.18 Å². The van der Waals surface area contributed by atoms with Crippen molar-refractivity contribution in [1.82, 2.24) is 9.97 Å². The third-order valence-electron chi connectivity index (χ3n) is 3.03. The van der Waals surface area contributed by atoms with Crippen molar-refractivity contribution >= 4 is 17.4 Å². The van der Waals surface area contributed by atoms with Gasteiger partial charge in [0.2, 0.25) is 5.82 Å². The van der Waals surface area contributed by atoms with E-state index >= 15 is 0 Å². The van der Waals surface area contributed by atoms with Crippen molar-refractivity contribution in [2.45, 2.75) is 39.0 Å². The number of aromatic nitrogens is 2. The molecule has 1 heterocycles. The fourth-order valence-electron chi connectivity index (χ4n) is 1.84. The van der Waals surface area contributed by atoms with Crippen molar-refractivity contribution < 1.29 is 18.3 Å². The van der Waals surface area contributed by atoms with Crippen LogP contribution in [-0.4, -0.2) is 27.7 Å². The van der Waals surface area contributed by atoms with Crippen molar-refractivity contribution in [2.24, 2.45) is 5.92 Å². The molecule has 0 saturated heterocycles. The number of aliphatic hydroxyl groups excluding tert-OH is 1. The van der Waals surface area contributed by atoms with Crippen LogP contribution in [0.5, 0.6) is 0 Å². The van der Waals surface area contributed by atoms with E-state index in [4.69, 9.17) is 11.6 Å². The zero-order valence-electron chi connectivity index (χ0n) is 11.2. The first-order valence-electron chi connectivity index (χ1n) is 6.31. The largest absolute Gasteiger partial charge is 0.451 e. The van der Waals surface area contributed by atoms with Gasteiger partial charge in [0.25, 0.3) is 0 Å². The summed E-state index contributed by atoms with van der Waals surface area (Å²) in [6.07, 6.45) is -3.74. The van der Waals surface area contributed by atoms with Gasteiger partial charge in [0.05, 0.1) is 6.10 Å². The molecule has 1 aromatic rings. The lowest BCUT2D eigenvalue weighted by Gasteiger charge is -2.20. The van der Waals surface area contributed by atoms with Gasteiger partial charge in [-0.05, 0) is 5.92 Å². The number of aliphatic hydroxyl groups is 1. The maximum absolute atomic E-state index is 12.5. The maximum Gasteiger partial charge on any atom is 0.451 e. The fraction of sp³-hybridized carbons (Fsp3) is 0.667. The van der Waals surface area contributed by atoms with E-state index in [-0.39, 0.29) is 23.4 Å². The van der Waals surface area contributed by atoms with Gasteiger partial charge < -0.3 is 10.4 Å². The van der Waals surface area contributed by atoms with Crippen LogP contribution in [0.3, 0.4) is 0 Å². The summed E-state index contributed by atoms with van der Waals surface area (Å²) in [6.45, 7) is 4.00. The van der Waals surface area contributed by atoms with Crippen LogP contribution in [0, 0.1) is 5.92 Å². The number of nitrogens with one attached hydrogen (secondary N) is 1. The minimum Gasteiger partial charge on any atom is -0.391 e. The lowest BCUT2D eigenvalue weighted by atomic mass is 9.97. The second kappa shape index (κ2) is 7.08. The zero-order chi connectivity index (χ0) is 15.3. The van der Waals surface area contributed by atoms with Crippen molar-refractivity contribution in [3.8, 4) is 0 Å². The van der Waals surface area contributed by atoms with Gasteiger partial charge in [-0.1, -0.05) is 38.3 Å². The molecule has 0 spiro atoms. The molecule has 1 rings (SSSR count). The molecule has 0 aliphatic heterocycles. The first-order valence-corrected chi connectivity index (χ1v) is 6.69. The smallest absolute Gasteiger partial charge is 0.391 e. The first-order chi connectivity index (χ1) is 9.27. The van der Waals surface area contributed by atoms with Gasteiger partial charge in [0.15, 0.2) is 0 Å². The third-order valence-corrected chi connectivity index (χ3v) is 3.23. The van der Waals surface area contributed by atoms with Gasteiger partial charge in [0.1, 0.15) is 11.0 Å². The Morgan fingerprint density at radius 3 is 2.40 bits per heavy atom. The first kappa shape index (κ1) is 17.0. The molecule has 0 saturated carbocycles. The van der Waals surface area contributed by atoms with Crippen LogP contribution < -0.4 is 5.32 Å². The predicted molar refractivity (Wildman–Crippen MR) is 70.6 cm³/mol. The number of rotatable bonds is 6. The Balaban J connectivity index is 2.76. The summed E-state index contributed by atoms with van der Waals surface area (Å²) < 4.78 is 37.6. The van der Waals surface area contributed by atoms with Crippen LogP contribution in [0.25, 0.3) is 0 Å². The summed E-state index contributed by atoms with van der Waals surface area (Å²) in [7, 11) is 0. The Morgan fingerprint density at radius 2 is 1.90 bits per heavy atom. The molecule has 1 aromatic heterocycles. The minimum absolute atomic E-state index is 0.0534. The van der Waals surface area contributed by atoms with Gasteiger partial charge in [0, 0.05) is 12.6 Å². The Hall–Kier alpha value is -1.08. The van der Waals surface area contributed by atoms with Crippen molar-refractivity contribution in [2.75, 3.05) is 11.9 Å². The van der Waals surface area contributed by atoms with Crippen LogP contribution in [0.1, 0.15) is 32.5 Å². The fourth-order valence-corrected chi connectivity index (χ4v) is 2.03. The Morgan fingerprint density at radius 1 is 1.30 bits per heavy atom. The summed E-state index contributed by atoms with van der Waals surface area (Å²) in [5.41, 5.74) is 0. The number of hydrogen-bond donors (Lipinski definition) is 2. The maximum atomic E-state index is 12.5. The van der Waals surface area contributed by atoms with Gasteiger partial charge in [-0.2, -0.15) is 13.2 Å². The van der Waals surface area contributed by atoms with Gasteiger partial charge in [-0.3, -0.25) is 0 Å². The average Bonchev–Trinajstić information content (AvgIpc) is 2.36. The molecule has 0 bridgehead atoms. The molecule has 0 aliphatic carbocycles. The number of halogens is 4. The molecule has 1 atom stereocenters. The van der Waals surface area contributed by atoms with E-state index in [1.165, 1.54) is 6.07 Å². The number of alkyl halides is 3. The molecule has 0 radical (unpaired) electrons. The van der Waals surface area contributed by atoms with Gasteiger partial charge >= 0.3 is 6.18 Å². The van der Waals surface area contributed by atoms with Crippen LogP contribution >= 0.6 is 11.6 Å². The van der Waals surface area contributed by atoms with Crippen LogP contribution in [0.4, 0.5) is 19.0 Å². The van der Waals surface area contributed by atoms with E-state index in [1.54, 1.807) is 0 Å². The molecular formula is C12H17ClF3N3O. The summed E-state index contributed by atoms with van der Waals surface area (Å²) in [5.74, 6) is -1.27. The van der Waals surface area contributed by atoms with Gasteiger partial charge in [-0.25, -0.2) is 9.97 Å². The molecule has 4 nitrogen and oxygen atoms in total. The highest BCUT2D eigenvalue weighted by molar-refractivity contribution is 6.29. The number of nitrogens with zero attached hydrogens (tertiary/aromatic N) is 2. The van der Waals surface area contributed by atoms with Crippen molar-refractivity contribution in [3.63, 3.8) is 0 Å². The van der Waals surface area contributed by atoms with Crippen molar-refractivity contribution in [1.29, 1.82) is 0 Å². The quantitative estimate of drug-likeness (QED) is 0.791. The van der Waals surface area contributed by atoms with E-state index in [9.17, 15) is 18.3 Å². The summed E-state index contributed by atoms with van der Waals surface area (Å²) in [5, 5.41) is 12.3. The lowest BCUT2D eigenvalue weighted by Crippen LogP contribution is -2.28. The molecule has 1 unspecified atom stereocenters. The summed E-state index contributed by atoms with van der Waals surface area (Å²) in [4.78, 5) is 6.47. The van der Waals surface area contributed by atoms with E-state index in [0.717, 1.165) is 12.8 Å². The lowest BCUT2D eigenvalue weighted by molar-refractivity contribution is -0.144. The third kappa shape index (κ3) is 4.79. The summed E-state index contributed by atoms with van der Waals surface area (Å²) in [6, 6.07) is 1.19. The monoisotopic (exact) mass is 311 g/mol. The topological polar surface area (TPSA) is 58.0 Å². The Bertz CT molecular complexity index is 438. The molecule has 0 aromatic carbocycles. The molecule has 20 heavy (non-hydrogen) atoms. The van der Waals surface area contributed by atoms with Crippen LogP contribution in [0.2, 0.25) is 5.15 Å². The molecule has 0 fully saturated rings. The zero-order valence-corrected chi connectivity index (χ0v) is 12.0. The normalized spacial score (nSPS) is 13.6. The molecular weight excluding hydrogens is 295 g/mol. The van der Waals surface area contributed by atoms with E-state index in [1.807, 2.05) is 13.8 Å². The predicted octanol–water partition coefficient (Wildman–Crippen LogP) is 3.36. The second-order valence-electron chi connectivity index (χ2n) is 4.42. The molecule has 0 amide bonds. The number of hydrogen-bond acceptors (Lipinski definition) is 4. The molecule has 2 N–H and O–H groups in total. The second-order valence-corrected chi connectivity index (χ2v) is 4.81. The van der Waals surface area contributed by atoms with Gasteiger partial charge in [-0.15, -0.1) is 0 Å². The Labute approximate surface area is 120 Å². The standard InChI is InChI=1S/C12H17ClF3N3O/c1-3-7(4-2)8(20)6-17-10-5-9(13)18-11(19-10)12(14,15)16/h5,7-8,20H,3-4,6H2,1-2H3,(H,17,18,19). The van der Waals surface area contributed by atoms with Crippen LogP contribution in [0.15, 0.2) is 6.07 Å². The average molecular weight is 312 g/mol. The SMILES string of the molecule is CCC(CC)C(O)CNc1cc(Cl)nc(C(F)(F)F)n1. The molecule has 0 aliphatic rings. The minimum atomic E-state index is -4.66. The highest BCUT2D eigenvalue weighted by Crippen LogP contribution is 2.28. The number of anilines is 1. The van der Waals surface area contributed by atoms with E-state index < -0.39 is 18.1 Å². The highest BCUT2D eigenvalue weighted by atomic mass is 35.5. The Kier molecular flexibility index (Phi) is 6.01. The summed E-state index contributed by atoms with van der Waals surface area (Å²) >= 11 is 5.53. The molecule has 114 valence electrons. The van der Waals surface area contributed by atoms with E-state index in [0.29, 0.717) is 0 Å². The molecule has 8 heteroatoms. The highest BCUT2D eigenvalue weighted by Gasteiger charge is 2.35.